The maximum absolute atomic E-state index is 4.79. The molecule has 2 aromatic carbocycles. The molecule has 1 nitrogen and oxygen atoms in total. The Morgan fingerprint density at radius 2 is 1.57 bits per heavy atom. The molecule has 4 aromatic rings. The van der Waals surface area contributed by atoms with E-state index in [1.165, 1.54) is 37.4 Å². The average Bonchev–Trinajstić information content (AvgIpc) is 2.83. The maximum atomic E-state index is 4.79. The van der Waals surface area contributed by atoms with Gasteiger partial charge in [0.15, 0.2) is 0 Å². The van der Waals surface area contributed by atoms with E-state index in [1.807, 2.05) is 11.3 Å². The van der Waals surface area contributed by atoms with Gasteiger partial charge in [0, 0.05) is 21.2 Å². The van der Waals surface area contributed by atoms with Gasteiger partial charge in [-0.05, 0) is 53.3 Å². The number of aromatic nitrogens is 1. The summed E-state index contributed by atoms with van der Waals surface area (Å²) in [5.41, 5.74) is 4.07. The minimum atomic E-state index is 0.113. The average molecular weight is 319 g/mol. The van der Waals surface area contributed by atoms with Crippen LogP contribution in [0.25, 0.3) is 31.1 Å². The highest BCUT2D eigenvalue weighted by Gasteiger charge is 2.24. The van der Waals surface area contributed by atoms with Gasteiger partial charge in [-0.25, -0.2) is 4.98 Å². The first-order valence-corrected chi connectivity index (χ1v) is 8.91. The van der Waals surface area contributed by atoms with Gasteiger partial charge in [-0.1, -0.05) is 45.0 Å². The van der Waals surface area contributed by atoms with Gasteiger partial charge in [-0.2, -0.15) is 0 Å². The molecule has 0 N–H and O–H groups in total. The molecule has 0 radical (unpaired) electrons. The number of pyridine rings is 1. The molecule has 2 heteroatoms. The Bertz CT molecular complexity index is 1060. The van der Waals surface area contributed by atoms with Gasteiger partial charge in [-0.3, -0.25) is 0 Å². The summed E-state index contributed by atoms with van der Waals surface area (Å²) < 4.78 is 1.40. The number of rotatable bonds is 0. The molecule has 0 amide bonds. The SMILES string of the molecule is Cc1ccc2c(n1)sc1c(C(C)(C)C)c(C)c3ccccc3c12. The van der Waals surface area contributed by atoms with Crippen LogP contribution in [0.3, 0.4) is 0 Å². The van der Waals surface area contributed by atoms with Crippen molar-refractivity contribution >= 4 is 42.4 Å². The summed E-state index contributed by atoms with van der Waals surface area (Å²) in [7, 11) is 0. The number of hydrogen-bond donors (Lipinski definition) is 0. The van der Waals surface area contributed by atoms with Crippen molar-refractivity contribution < 1.29 is 0 Å². The molecule has 0 bridgehead atoms. The number of aryl methyl sites for hydroxylation is 2. The number of hydrogen-bond acceptors (Lipinski definition) is 2. The van der Waals surface area contributed by atoms with Gasteiger partial charge in [-0.15, -0.1) is 11.3 Å². The Morgan fingerprint density at radius 3 is 2.26 bits per heavy atom. The Labute approximate surface area is 141 Å². The summed E-state index contributed by atoms with van der Waals surface area (Å²) in [6.45, 7) is 11.3. The molecule has 0 saturated heterocycles. The van der Waals surface area contributed by atoms with E-state index in [1.54, 1.807) is 0 Å². The first-order valence-electron chi connectivity index (χ1n) is 8.09. The van der Waals surface area contributed by atoms with Gasteiger partial charge < -0.3 is 0 Å². The summed E-state index contributed by atoms with van der Waals surface area (Å²) in [6, 6.07) is 13.2. The van der Waals surface area contributed by atoms with Crippen LogP contribution in [0.15, 0.2) is 36.4 Å². The van der Waals surface area contributed by atoms with E-state index in [-0.39, 0.29) is 5.41 Å². The highest BCUT2D eigenvalue weighted by atomic mass is 32.1. The third-order valence-electron chi connectivity index (χ3n) is 4.65. The molecule has 0 saturated carbocycles. The molecule has 2 aromatic heterocycles. The van der Waals surface area contributed by atoms with Crippen LogP contribution in [0.1, 0.15) is 37.6 Å². The van der Waals surface area contributed by atoms with Gasteiger partial charge in [0.2, 0.25) is 0 Å². The Kier molecular flexibility index (Phi) is 3.05. The number of nitrogens with zero attached hydrogens (tertiary/aromatic N) is 1. The van der Waals surface area contributed by atoms with Crippen molar-refractivity contribution in [3.8, 4) is 0 Å². The molecule has 23 heavy (non-hydrogen) atoms. The molecular weight excluding hydrogens is 298 g/mol. The number of fused-ring (bicyclic) bond motifs is 5. The summed E-state index contributed by atoms with van der Waals surface area (Å²) in [5, 5.41) is 5.39. The molecule has 0 fully saturated rings. The second-order valence-electron chi connectivity index (χ2n) is 7.41. The third-order valence-corrected chi connectivity index (χ3v) is 5.76. The molecule has 0 aliphatic carbocycles. The van der Waals surface area contributed by atoms with Crippen molar-refractivity contribution in [2.45, 2.75) is 40.0 Å². The van der Waals surface area contributed by atoms with Gasteiger partial charge in [0.1, 0.15) is 4.83 Å². The second-order valence-corrected chi connectivity index (χ2v) is 8.41. The molecule has 0 aliphatic rings. The molecule has 4 rings (SSSR count). The van der Waals surface area contributed by atoms with E-state index >= 15 is 0 Å². The van der Waals surface area contributed by atoms with Crippen LogP contribution < -0.4 is 0 Å². The summed E-state index contributed by atoms with van der Waals surface area (Å²) in [5.74, 6) is 0. The summed E-state index contributed by atoms with van der Waals surface area (Å²) in [6.07, 6.45) is 0. The quantitative estimate of drug-likeness (QED) is 0.359. The van der Waals surface area contributed by atoms with Crippen molar-refractivity contribution in [3.05, 3.63) is 53.2 Å². The van der Waals surface area contributed by atoms with Crippen LogP contribution in [0, 0.1) is 13.8 Å². The monoisotopic (exact) mass is 319 g/mol. The topological polar surface area (TPSA) is 12.9 Å². The third kappa shape index (κ3) is 2.08. The zero-order valence-electron chi connectivity index (χ0n) is 14.3. The van der Waals surface area contributed by atoms with Crippen LogP contribution >= 0.6 is 11.3 Å². The van der Waals surface area contributed by atoms with E-state index < -0.39 is 0 Å². The smallest absolute Gasteiger partial charge is 0.124 e. The lowest BCUT2D eigenvalue weighted by Crippen LogP contribution is -2.13. The van der Waals surface area contributed by atoms with Gasteiger partial charge in [0.05, 0.1) is 0 Å². The lowest BCUT2D eigenvalue weighted by atomic mass is 9.81. The predicted octanol–water partition coefficient (Wildman–Crippen LogP) is 6.52. The highest BCUT2D eigenvalue weighted by molar-refractivity contribution is 7.25. The lowest BCUT2D eigenvalue weighted by molar-refractivity contribution is 0.594. The van der Waals surface area contributed by atoms with E-state index in [2.05, 4.69) is 71.0 Å². The van der Waals surface area contributed by atoms with E-state index in [4.69, 9.17) is 4.98 Å². The molecule has 0 unspecified atom stereocenters. The zero-order valence-corrected chi connectivity index (χ0v) is 15.1. The van der Waals surface area contributed by atoms with Crippen molar-refractivity contribution in [2.75, 3.05) is 0 Å². The molecular formula is C21H21NS. The first kappa shape index (κ1) is 14.6. The van der Waals surface area contributed by atoms with Crippen LogP contribution in [0.2, 0.25) is 0 Å². The van der Waals surface area contributed by atoms with Crippen molar-refractivity contribution in [2.24, 2.45) is 0 Å². The van der Waals surface area contributed by atoms with Crippen LogP contribution in [0.4, 0.5) is 0 Å². The number of benzene rings is 2. The van der Waals surface area contributed by atoms with Crippen LogP contribution in [-0.4, -0.2) is 4.98 Å². The van der Waals surface area contributed by atoms with Gasteiger partial charge in [0.25, 0.3) is 0 Å². The van der Waals surface area contributed by atoms with E-state index in [0.717, 1.165) is 10.5 Å². The van der Waals surface area contributed by atoms with Crippen molar-refractivity contribution in [1.82, 2.24) is 4.98 Å². The molecule has 0 spiro atoms. The fraction of sp³-hybridized carbons (Fsp3) is 0.286. The Balaban J connectivity index is 2.36. The van der Waals surface area contributed by atoms with E-state index in [9.17, 15) is 0 Å². The Hall–Kier alpha value is -1.93. The van der Waals surface area contributed by atoms with Gasteiger partial charge >= 0.3 is 0 Å². The minimum Gasteiger partial charge on any atom is -0.242 e. The van der Waals surface area contributed by atoms with Crippen molar-refractivity contribution in [3.63, 3.8) is 0 Å². The van der Waals surface area contributed by atoms with E-state index in [0.29, 0.717) is 0 Å². The lowest BCUT2D eigenvalue weighted by Gasteiger charge is -2.24. The van der Waals surface area contributed by atoms with Crippen LogP contribution in [0.5, 0.6) is 0 Å². The molecule has 116 valence electrons. The molecule has 0 aliphatic heterocycles. The minimum absolute atomic E-state index is 0.113. The summed E-state index contributed by atoms with van der Waals surface area (Å²) in [4.78, 5) is 5.94. The fourth-order valence-corrected chi connectivity index (χ4v) is 5.30. The van der Waals surface area contributed by atoms with Crippen molar-refractivity contribution in [1.29, 1.82) is 0 Å². The second kappa shape index (κ2) is 4.78. The normalized spacial score (nSPS) is 12.6. The Morgan fingerprint density at radius 1 is 0.870 bits per heavy atom. The summed E-state index contributed by atoms with van der Waals surface area (Å²) >= 11 is 1.85. The first-order chi connectivity index (χ1) is 10.9. The standard InChI is InChI=1S/C21H21NS/c1-12-10-11-16-17-15-9-7-6-8-14(15)13(2)18(21(3,4)5)19(17)23-20(16)22-12/h6-11H,1-5H3. The number of thiophene rings is 1. The molecule has 0 atom stereocenters. The predicted molar refractivity (Wildman–Crippen MR) is 103 cm³/mol. The fourth-order valence-electron chi connectivity index (χ4n) is 3.75. The maximum Gasteiger partial charge on any atom is 0.124 e. The highest BCUT2D eigenvalue weighted by Crippen LogP contribution is 2.45. The van der Waals surface area contributed by atoms with Crippen LogP contribution in [-0.2, 0) is 5.41 Å². The molecule has 2 heterocycles. The zero-order chi connectivity index (χ0) is 16.4. The largest absolute Gasteiger partial charge is 0.242 e.